The summed E-state index contributed by atoms with van der Waals surface area (Å²) in [6.07, 6.45) is -0.825. The van der Waals surface area contributed by atoms with Crippen LogP contribution in [0.5, 0.6) is 5.75 Å². The number of aliphatic hydroxyl groups excluding tert-OH is 1. The molecule has 0 amide bonds. The zero-order valence-corrected chi connectivity index (χ0v) is 7.53. The predicted octanol–water partition coefficient (Wildman–Crippen LogP) is 0.185. The highest BCUT2D eigenvalue weighted by atomic mass is 16.6. The minimum atomic E-state index is -0.825. The fourth-order valence-corrected chi connectivity index (χ4v) is 0.920. The lowest BCUT2D eigenvalue weighted by Gasteiger charge is -2.12. The summed E-state index contributed by atoms with van der Waals surface area (Å²) in [5, 5.41) is 12.1. The van der Waals surface area contributed by atoms with Gasteiger partial charge in [-0.05, 0) is 31.3 Å². The maximum absolute atomic E-state index is 9.26. The van der Waals surface area contributed by atoms with E-state index in [0.29, 0.717) is 18.0 Å². The Balaban J connectivity index is 2.49. The first-order valence-electron chi connectivity index (χ1n) is 4.07. The number of rotatable bonds is 4. The second-order valence-electron chi connectivity index (χ2n) is 2.70. The molecule has 0 aromatic heterocycles. The van der Waals surface area contributed by atoms with E-state index in [1.54, 1.807) is 31.3 Å². The summed E-state index contributed by atoms with van der Waals surface area (Å²) in [6.45, 7) is 0.393. The smallest absolute Gasteiger partial charge is 0.209 e. The fraction of sp³-hybridized carbons (Fsp3) is 0.333. The highest BCUT2D eigenvalue weighted by Gasteiger charge is 2.02. The van der Waals surface area contributed by atoms with Crippen molar-refractivity contribution >= 4 is 5.69 Å². The Morgan fingerprint density at radius 2 is 2.08 bits per heavy atom. The number of aliphatic hydroxyl groups is 1. The fourth-order valence-electron chi connectivity index (χ4n) is 0.920. The van der Waals surface area contributed by atoms with E-state index < -0.39 is 6.29 Å². The molecule has 0 aliphatic carbocycles. The molecule has 0 radical (unpaired) electrons. The lowest BCUT2D eigenvalue weighted by Crippen LogP contribution is -2.28. The zero-order chi connectivity index (χ0) is 9.68. The number of nitrogens with one attached hydrogen (secondary N) is 1. The van der Waals surface area contributed by atoms with Gasteiger partial charge in [0.1, 0.15) is 5.75 Å². The van der Waals surface area contributed by atoms with Gasteiger partial charge in [0, 0.05) is 5.69 Å². The molecule has 0 heterocycles. The number of benzene rings is 1. The Kier molecular flexibility index (Phi) is 3.54. The largest absolute Gasteiger partial charge is 0.464 e. The summed E-state index contributed by atoms with van der Waals surface area (Å²) >= 11 is 0. The topological polar surface area (TPSA) is 67.5 Å². The van der Waals surface area contributed by atoms with Gasteiger partial charge < -0.3 is 20.9 Å². The first kappa shape index (κ1) is 9.83. The zero-order valence-electron chi connectivity index (χ0n) is 7.53. The molecule has 0 bridgehead atoms. The molecule has 4 heteroatoms. The number of hydrogen-bond donors (Lipinski definition) is 3. The van der Waals surface area contributed by atoms with Crippen LogP contribution in [-0.4, -0.2) is 25.0 Å². The van der Waals surface area contributed by atoms with E-state index in [9.17, 15) is 5.11 Å². The van der Waals surface area contributed by atoms with E-state index in [1.807, 2.05) is 0 Å². The van der Waals surface area contributed by atoms with Gasteiger partial charge in [-0.15, -0.1) is 0 Å². The third-order valence-corrected chi connectivity index (χ3v) is 1.53. The Hall–Kier alpha value is -1.26. The van der Waals surface area contributed by atoms with Crippen LogP contribution in [0.15, 0.2) is 24.3 Å². The van der Waals surface area contributed by atoms with Crippen LogP contribution in [-0.2, 0) is 0 Å². The van der Waals surface area contributed by atoms with Crippen molar-refractivity contribution in [1.29, 1.82) is 0 Å². The summed E-state index contributed by atoms with van der Waals surface area (Å²) < 4.78 is 5.15. The lowest BCUT2D eigenvalue weighted by atomic mass is 10.3. The first-order valence-corrected chi connectivity index (χ1v) is 4.07. The molecular weight excluding hydrogens is 168 g/mol. The normalized spacial score (nSPS) is 12.5. The number of ether oxygens (including phenoxy) is 1. The van der Waals surface area contributed by atoms with Gasteiger partial charge in [0.15, 0.2) is 0 Å². The molecule has 0 saturated heterocycles. The quantitative estimate of drug-likeness (QED) is 0.459. The van der Waals surface area contributed by atoms with Crippen molar-refractivity contribution in [3.63, 3.8) is 0 Å². The van der Waals surface area contributed by atoms with Gasteiger partial charge in [0.2, 0.25) is 6.29 Å². The molecule has 13 heavy (non-hydrogen) atoms. The molecule has 1 unspecified atom stereocenters. The molecule has 0 fully saturated rings. The van der Waals surface area contributed by atoms with Crippen LogP contribution < -0.4 is 15.8 Å². The van der Waals surface area contributed by atoms with Gasteiger partial charge in [0.05, 0.1) is 6.54 Å². The molecular formula is C9H14N2O2. The van der Waals surface area contributed by atoms with Crippen molar-refractivity contribution in [2.45, 2.75) is 6.29 Å². The summed E-state index contributed by atoms with van der Waals surface area (Å²) in [7, 11) is 1.75. The van der Waals surface area contributed by atoms with E-state index in [2.05, 4.69) is 5.32 Å². The highest BCUT2D eigenvalue weighted by molar-refractivity contribution is 5.41. The van der Waals surface area contributed by atoms with Gasteiger partial charge in [-0.2, -0.15) is 0 Å². The van der Waals surface area contributed by atoms with Crippen LogP contribution in [0.1, 0.15) is 0 Å². The van der Waals surface area contributed by atoms with Crippen LogP contribution in [0.3, 0.4) is 0 Å². The molecule has 0 aliphatic heterocycles. The Bertz CT molecular complexity index is 248. The van der Waals surface area contributed by atoms with Crippen LogP contribution in [0, 0.1) is 0 Å². The summed E-state index contributed by atoms with van der Waals surface area (Å²) in [5.74, 6) is 0.608. The number of hydrogen-bond acceptors (Lipinski definition) is 4. The number of nitrogens with two attached hydrogens (primary N) is 1. The first-order chi connectivity index (χ1) is 6.22. The van der Waals surface area contributed by atoms with Crippen molar-refractivity contribution < 1.29 is 9.84 Å². The second-order valence-corrected chi connectivity index (χ2v) is 2.70. The molecule has 72 valence electrons. The molecule has 4 nitrogen and oxygen atoms in total. The maximum atomic E-state index is 9.26. The van der Waals surface area contributed by atoms with Crippen LogP contribution in [0.4, 0.5) is 5.69 Å². The predicted molar refractivity (Wildman–Crippen MR) is 51.4 cm³/mol. The van der Waals surface area contributed by atoms with E-state index in [-0.39, 0.29) is 0 Å². The maximum Gasteiger partial charge on any atom is 0.209 e. The van der Waals surface area contributed by atoms with Crippen LogP contribution >= 0.6 is 0 Å². The van der Waals surface area contributed by atoms with Crippen LogP contribution in [0.25, 0.3) is 0 Å². The van der Waals surface area contributed by atoms with E-state index >= 15 is 0 Å². The third kappa shape index (κ3) is 3.31. The van der Waals surface area contributed by atoms with Crippen molar-refractivity contribution in [3.8, 4) is 5.75 Å². The van der Waals surface area contributed by atoms with Crippen LogP contribution in [0.2, 0.25) is 0 Å². The average Bonchev–Trinajstić information content (AvgIpc) is 2.09. The standard InChI is InChI=1S/C9H14N2O2/c1-11-6-9(12)13-8-4-2-7(10)3-5-8/h2-5,9,11-12H,6,10H2,1H3. The Morgan fingerprint density at radius 3 is 2.62 bits per heavy atom. The van der Waals surface area contributed by atoms with Gasteiger partial charge in [-0.3, -0.25) is 0 Å². The van der Waals surface area contributed by atoms with Gasteiger partial charge in [0.25, 0.3) is 0 Å². The van der Waals surface area contributed by atoms with Crippen molar-refractivity contribution in [1.82, 2.24) is 5.32 Å². The monoisotopic (exact) mass is 182 g/mol. The molecule has 0 saturated carbocycles. The van der Waals surface area contributed by atoms with Crippen molar-refractivity contribution in [3.05, 3.63) is 24.3 Å². The molecule has 1 rings (SSSR count). The molecule has 0 spiro atoms. The third-order valence-electron chi connectivity index (χ3n) is 1.53. The van der Waals surface area contributed by atoms with E-state index in [0.717, 1.165) is 0 Å². The molecule has 0 aliphatic rings. The second kappa shape index (κ2) is 4.69. The van der Waals surface area contributed by atoms with Gasteiger partial charge in [-0.1, -0.05) is 0 Å². The average molecular weight is 182 g/mol. The summed E-state index contributed by atoms with van der Waals surface area (Å²) in [6, 6.07) is 6.88. The van der Waals surface area contributed by atoms with E-state index in [4.69, 9.17) is 10.5 Å². The minimum absolute atomic E-state index is 0.393. The van der Waals surface area contributed by atoms with Crippen molar-refractivity contribution in [2.75, 3.05) is 19.3 Å². The van der Waals surface area contributed by atoms with Gasteiger partial charge in [-0.25, -0.2) is 0 Å². The highest BCUT2D eigenvalue weighted by Crippen LogP contribution is 2.13. The summed E-state index contributed by atoms with van der Waals surface area (Å²) in [4.78, 5) is 0. The molecule has 1 aromatic rings. The Morgan fingerprint density at radius 1 is 1.46 bits per heavy atom. The number of likely N-dealkylation sites (N-methyl/N-ethyl adjacent to an activating group) is 1. The van der Waals surface area contributed by atoms with Crippen molar-refractivity contribution in [2.24, 2.45) is 0 Å². The number of nitrogen functional groups attached to an aromatic ring is 1. The molecule has 4 N–H and O–H groups in total. The lowest BCUT2D eigenvalue weighted by molar-refractivity contribution is -0.0138. The SMILES string of the molecule is CNCC(O)Oc1ccc(N)cc1. The van der Waals surface area contributed by atoms with Gasteiger partial charge >= 0.3 is 0 Å². The molecule has 1 atom stereocenters. The summed E-state index contributed by atoms with van der Waals surface area (Å²) in [5.41, 5.74) is 6.16. The molecule has 1 aromatic carbocycles. The Labute approximate surface area is 77.3 Å². The minimum Gasteiger partial charge on any atom is -0.464 e. The number of anilines is 1. The van der Waals surface area contributed by atoms with E-state index in [1.165, 1.54) is 0 Å².